The molecule has 0 aliphatic heterocycles. The number of hydrogen-bond donors (Lipinski definition) is 0. The Morgan fingerprint density at radius 1 is 1.75 bits per heavy atom. The summed E-state index contributed by atoms with van der Waals surface area (Å²) in [6.07, 6.45) is 0. The highest BCUT2D eigenvalue weighted by Crippen LogP contribution is 2.19. The van der Waals surface area contributed by atoms with Crippen LogP contribution in [0, 0.1) is 33.6 Å². The maximum Gasteiger partial charge on any atom is 0.279 e. The van der Waals surface area contributed by atoms with Crippen molar-refractivity contribution in [2.45, 2.75) is 0 Å². The Morgan fingerprint density at radius 3 is 2.92 bits per heavy atom. The fourth-order valence-corrected chi connectivity index (χ4v) is 0.901. The van der Waals surface area contributed by atoms with Crippen LogP contribution in [0.15, 0.2) is 10.5 Å². The lowest BCUT2D eigenvalue weighted by Gasteiger charge is -1.92. The van der Waals surface area contributed by atoms with E-state index in [-0.39, 0.29) is 11.3 Å². The molecular formula is C7HBrN2O2. The second kappa shape index (κ2) is 3.32. The molecular weight excluding hydrogens is 224 g/mol. The third-order valence-corrected chi connectivity index (χ3v) is 1.74. The van der Waals surface area contributed by atoms with Crippen LogP contribution in [0.4, 0.5) is 5.69 Å². The van der Waals surface area contributed by atoms with Crippen molar-refractivity contribution in [3.8, 4) is 6.07 Å². The average Bonchev–Trinajstić information content (AvgIpc) is 2.05. The number of nitro groups is 1. The molecule has 0 saturated heterocycles. The summed E-state index contributed by atoms with van der Waals surface area (Å²) in [5, 5.41) is 18.7. The van der Waals surface area contributed by atoms with E-state index in [0.29, 0.717) is 4.47 Å². The Bertz CT molecular complexity index is 370. The van der Waals surface area contributed by atoms with Gasteiger partial charge in [0.2, 0.25) is 0 Å². The van der Waals surface area contributed by atoms with Crippen molar-refractivity contribution in [3.05, 3.63) is 38.3 Å². The SMILES string of the molecule is N#Cc1[c]c([N+](=O)[O-])c[c]c1Br. The molecule has 0 amide bonds. The molecule has 5 heteroatoms. The van der Waals surface area contributed by atoms with Crippen LogP contribution in [0.1, 0.15) is 5.56 Å². The summed E-state index contributed by atoms with van der Waals surface area (Å²) in [4.78, 5) is 9.59. The molecule has 2 radical (unpaired) electrons. The van der Waals surface area contributed by atoms with Crippen LogP contribution >= 0.6 is 15.9 Å². The van der Waals surface area contributed by atoms with Gasteiger partial charge < -0.3 is 0 Å². The molecule has 58 valence electrons. The van der Waals surface area contributed by atoms with E-state index in [9.17, 15) is 10.1 Å². The first-order valence-electron chi connectivity index (χ1n) is 2.83. The molecule has 0 bridgehead atoms. The average molecular weight is 225 g/mol. The Hall–Kier alpha value is -1.41. The van der Waals surface area contributed by atoms with Gasteiger partial charge in [-0.1, -0.05) is 0 Å². The Labute approximate surface area is 76.7 Å². The third-order valence-electron chi connectivity index (χ3n) is 1.12. The lowest BCUT2D eigenvalue weighted by Crippen LogP contribution is -1.89. The Balaban J connectivity index is 3.25. The standard InChI is InChI=1S/C7HBrN2O2/c8-7-2-1-6(10(11)12)3-5(7)4-9/h1H. The van der Waals surface area contributed by atoms with Crippen LogP contribution in [0.25, 0.3) is 0 Å². The first-order valence-corrected chi connectivity index (χ1v) is 3.62. The first-order chi connectivity index (χ1) is 5.65. The van der Waals surface area contributed by atoms with Gasteiger partial charge in [0.15, 0.2) is 0 Å². The molecule has 0 atom stereocenters. The lowest BCUT2D eigenvalue weighted by atomic mass is 10.2. The van der Waals surface area contributed by atoms with E-state index in [4.69, 9.17) is 5.26 Å². The molecule has 1 aromatic rings. The molecule has 4 nitrogen and oxygen atoms in total. The van der Waals surface area contributed by atoms with Crippen molar-refractivity contribution >= 4 is 21.6 Å². The van der Waals surface area contributed by atoms with Gasteiger partial charge in [-0.25, -0.2) is 0 Å². The zero-order chi connectivity index (χ0) is 9.14. The highest BCUT2D eigenvalue weighted by molar-refractivity contribution is 9.10. The predicted molar refractivity (Wildman–Crippen MR) is 43.2 cm³/mol. The summed E-state index contributed by atoms with van der Waals surface area (Å²) in [7, 11) is 0. The van der Waals surface area contributed by atoms with Crippen LogP contribution in [0.2, 0.25) is 0 Å². The molecule has 0 heterocycles. The van der Waals surface area contributed by atoms with Crippen LogP contribution in [0.3, 0.4) is 0 Å². The second-order valence-corrected chi connectivity index (χ2v) is 2.65. The molecule has 0 fully saturated rings. The van der Waals surface area contributed by atoms with Gasteiger partial charge in [0.05, 0.1) is 16.6 Å². The molecule has 12 heavy (non-hydrogen) atoms. The van der Waals surface area contributed by atoms with E-state index in [2.05, 4.69) is 28.1 Å². The smallest absolute Gasteiger partial charge is 0.258 e. The highest BCUT2D eigenvalue weighted by atomic mass is 79.9. The zero-order valence-corrected chi connectivity index (χ0v) is 7.25. The third kappa shape index (κ3) is 1.60. The Kier molecular flexibility index (Phi) is 2.41. The largest absolute Gasteiger partial charge is 0.279 e. The maximum absolute atomic E-state index is 10.2. The summed E-state index contributed by atoms with van der Waals surface area (Å²) in [6.45, 7) is 0. The molecule has 0 spiro atoms. The van der Waals surface area contributed by atoms with Crippen molar-refractivity contribution < 1.29 is 4.92 Å². The van der Waals surface area contributed by atoms with E-state index >= 15 is 0 Å². The van der Waals surface area contributed by atoms with Gasteiger partial charge in [0.25, 0.3) is 5.69 Å². The van der Waals surface area contributed by atoms with Gasteiger partial charge in [-0.2, -0.15) is 5.26 Å². The minimum Gasteiger partial charge on any atom is -0.258 e. The van der Waals surface area contributed by atoms with E-state index in [1.807, 2.05) is 0 Å². The number of nitriles is 1. The molecule has 1 rings (SSSR count). The number of rotatable bonds is 1. The fourth-order valence-electron chi connectivity index (χ4n) is 0.598. The van der Waals surface area contributed by atoms with E-state index in [0.717, 1.165) is 6.07 Å². The van der Waals surface area contributed by atoms with Gasteiger partial charge in [-0.05, 0) is 15.9 Å². The normalized spacial score (nSPS) is 9.00. The van der Waals surface area contributed by atoms with Gasteiger partial charge in [-0.3, -0.25) is 10.1 Å². The number of benzene rings is 1. The van der Waals surface area contributed by atoms with Gasteiger partial charge >= 0.3 is 0 Å². The van der Waals surface area contributed by atoms with Gasteiger partial charge in [0, 0.05) is 16.6 Å². The molecule has 0 unspecified atom stereocenters. The molecule has 0 N–H and O–H groups in total. The summed E-state index contributed by atoms with van der Waals surface area (Å²) in [5.74, 6) is 0. The van der Waals surface area contributed by atoms with Crippen molar-refractivity contribution in [3.63, 3.8) is 0 Å². The number of nitrogens with zero attached hydrogens (tertiary/aromatic N) is 2. The minimum atomic E-state index is -0.621. The number of hydrogen-bond acceptors (Lipinski definition) is 3. The first kappa shape index (κ1) is 8.68. The summed E-state index contributed by atoms with van der Waals surface area (Å²) in [6, 6.07) is 7.76. The molecule has 1 aromatic carbocycles. The van der Waals surface area contributed by atoms with Gasteiger partial charge in [0.1, 0.15) is 6.07 Å². The molecule has 0 aliphatic carbocycles. The number of halogens is 1. The van der Waals surface area contributed by atoms with Crippen molar-refractivity contribution in [1.82, 2.24) is 0 Å². The van der Waals surface area contributed by atoms with Crippen LogP contribution in [0.5, 0.6) is 0 Å². The van der Waals surface area contributed by atoms with Gasteiger partial charge in [-0.15, -0.1) is 0 Å². The lowest BCUT2D eigenvalue weighted by molar-refractivity contribution is -0.385. The summed E-state index contributed by atoms with van der Waals surface area (Å²) >= 11 is 3.01. The highest BCUT2D eigenvalue weighted by Gasteiger charge is 2.09. The Morgan fingerprint density at radius 2 is 2.42 bits per heavy atom. The van der Waals surface area contributed by atoms with Crippen molar-refractivity contribution in [2.75, 3.05) is 0 Å². The number of non-ortho nitro benzene ring substituents is 1. The summed E-state index contributed by atoms with van der Waals surface area (Å²) < 4.78 is 0.385. The van der Waals surface area contributed by atoms with Crippen LogP contribution in [-0.4, -0.2) is 4.92 Å². The fraction of sp³-hybridized carbons (Fsp3) is 0. The predicted octanol–water partition coefficient (Wildman–Crippen LogP) is 1.83. The molecule has 0 aliphatic rings. The molecule has 0 aromatic heterocycles. The monoisotopic (exact) mass is 224 g/mol. The number of nitro benzene ring substituents is 1. The maximum atomic E-state index is 10.2. The second-order valence-electron chi connectivity index (χ2n) is 1.86. The van der Waals surface area contributed by atoms with E-state index in [1.54, 1.807) is 6.07 Å². The summed E-state index contributed by atoms with van der Waals surface area (Å²) in [5.41, 5.74) is -0.168. The topological polar surface area (TPSA) is 66.9 Å². The minimum absolute atomic E-state index is 0.0872. The van der Waals surface area contributed by atoms with Crippen LogP contribution < -0.4 is 0 Å². The van der Waals surface area contributed by atoms with E-state index < -0.39 is 4.92 Å². The van der Waals surface area contributed by atoms with Crippen molar-refractivity contribution in [2.24, 2.45) is 0 Å². The zero-order valence-electron chi connectivity index (χ0n) is 5.67. The van der Waals surface area contributed by atoms with E-state index in [1.165, 1.54) is 0 Å². The van der Waals surface area contributed by atoms with Crippen LogP contribution in [-0.2, 0) is 0 Å². The van der Waals surface area contributed by atoms with Crippen molar-refractivity contribution in [1.29, 1.82) is 5.26 Å². The molecule has 0 saturated carbocycles. The quantitative estimate of drug-likeness (QED) is 0.540.